The van der Waals surface area contributed by atoms with Crippen LogP contribution in [0.3, 0.4) is 0 Å². The largest absolute Gasteiger partial charge is 0.545 e. The number of esters is 2. The van der Waals surface area contributed by atoms with Crippen LogP contribution in [0.2, 0.25) is 0 Å². The van der Waals surface area contributed by atoms with Gasteiger partial charge in [0, 0.05) is 12.8 Å². The number of carbonyl (C=O) groups is 3. The molecule has 9 nitrogen and oxygen atoms in total. The van der Waals surface area contributed by atoms with Crippen LogP contribution in [0.4, 0.5) is 0 Å². The van der Waals surface area contributed by atoms with Crippen LogP contribution in [-0.4, -0.2) is 82.3 Å². The topological polar surface area (TPSA) is 111 Å². The summed E-state index contributed by atoms with van der Waals surface area (Å²) in [4.78, 5) is 37.5. The molecule has 0 aliphatic heterocycles. The molecule has 0 aromatic heterocycles. The predicted octanol–water partition coefficient (Wildman–Crippen LogP) is 20.8. The highest BCUT2D eigenvalue weighted by Crippen LogP contribution is 2.13. The number of hydrogen-bond donors (Lipinski definition) is 0. The molecule has 0 rings (SSSR count). The summed E-state index contributed by atoms with van der Waals surface area (Å²) in [6.07, 6.45) is 107. The summed E-state index contributed by atoms with van der Waals surface area (Å²) in [5.41, 5.74) is 0. The standard InChI is InChI=1S/C82H125NO8/c1-6-8-10-12-14-16-18-20-22-24-26-28-30-32-34-36-37-38-39-40-41-42-43-45-47-49-51-53-55-57-59-61-63-65-67-69-71-73-80(85)91-78(77-90-82(81(86)87)88-75-74-83(3,4)5)76-89-79(84)72-70-68-66-64-62-60-58-56-54-52-50-48-46-44-35-33-31-29-27-25-23-21-19-17-15-13-11-9-7-2/h8-11,14-17,20-23,26-29,32-35,37-38,40-41,43,45-46,48-49,51-52,54-55,57-58,60,78,82H,6-7,12-13,18-19,24-25,30-31,36,39,42,44,47,50,53,56,59,61-77H2,1-5H3/b10-8-,11-9-,16-14-,17-15-,22-20-,23-21-,28-26-,29-27-,34-32-,35-33-,38-37-,41-40-,45-43-,48-46-,51-49-,54-52-,57-55-,60-58-. The van der Waals surface area contributed by atoms with Crippen molar-refractivity contribution in [3.63, 3.8) is 0 Å². The van der Waals surface area contributed by atoms with Gasteiger partial charge < -0.3 is 33.3 Å². The number of nitrogens with zero attached hydrogens (tertiary/aromatic N) is 1. The lowest BCUT2D eigenvalue weighted by molar-refractivity contribution is -0.870. The van der Waals surface area contributed by atoms with Crippen molar-refractivity contribution in [2.75, 3.05) is 47.5 Å². The maximum absolute atomic E-state index is 12.9. The van der Waals surface area contributed by atoms with E-state index < -0.39 is 30.3 Å². The lowest BCUT2D eigenvalue weighted by atomic mass is 10.1. The van der Waals surface area contributed by atoms with Gasteiger partial charge in [0.1, 0.15) is 13.2 Å². The lowest BCUT2D eigenvalue weighted by Gasteiger charge is -2.26. The molecule has 0 heterocycles. The number of rotatable bonds is 61. The molecule has 2 atom stereocenters. The number of ether oxygens (including phenoxy) is 4. The Kier molecular flexibility index (Phi) is 64.6. The van der Waals surface area contributed by atoms with Crippen molar-refractivity contribution in [2.24, 2.45) is 0 Å². The van der Waals surface area contributed by atoms with Crippen molar-refractivity contribution in [1.82, 2.24) is 0 Å². The first-order chi connectivity index (χ1) is 44.6. The van der Waals surface area contributed by atoms with Gasteiger partial charge in [-0.3, -0.25) is 9.59 Å². The van der Waals surface area contributed by atoms with E-state index in [2.05, 4.69) is 233 Å². The van der Waals surface area contributed by atoms with Gasteiger partial charge in [-0.1, -0.05) is 271 Å². The molecule has 506 valence electrons. The molecule has 0 aliphatic carbocycles. The van der Waals surface area contributed by atoms with Crippen LogP contribution in [0.5, 0.6) is 0 Å². The van der Waals surface area contributed by atoms with Crippen LogP contribution in [0.1, 0.15) is 219 Å². The third kappa shape index (κ3) is 70.9. The minimum Gasteiger partial charge on any atom is -0.545 e. The Bertz CT molecular complexity index is 2300. The van der Waals surface area contributed by atoms with Gasteiger partial charge in [0.15, 0.2) is 12.4 Å². The maximum atomic E-state index is 12.9. The van der Waals surface area contributed by atoms with Crippen molar-refractivity contribution in [1.29, 1.82) is 0 Å². The Morgan fingerprint density at radius 2 is 0.593 bits per heavy atom. The molecule has 0 saturated carbocycles. The number of allylic oxidation sites excluding steroid dienone is 36. The number of carboxylic acids is 1. The Balaban J connectivity index is 4.32. The Morgan fingerprint density at radius 1 is 0.330 bits per heavy atom. The molecule has 0 bridgehead atoms. The third-order valence-corrected chi connectivity index (χ3v) is 13.7. The highest BCUT2D eigenvalue weighted by molar-refractivity contribution is 5.70. The number of aliphatic carboxylic acids is 1. The maximum Gasteiger partial charge on any atom is 0.306 e. The number of unbranched alkanes of at least 4 members (excludes halogenated alkanes) is 10. The summed E-state index contributed by atoms with van der Waals surface area (Å²) in [5.74, 6) is -2.37. The number of likely N-dealkylation sites (N-methyl/N-ethyl adjacent to an activating group) is 1. The minimum atomic E-state index is -1.65. The van der Waals surface area contributed by atoms with Crippen molar-refractivity contribution in [3.8, 4) is 0 Å². The first-order valence-corrected chi connectivity index (χ1v) is 34.9. The number of hydrogen-bond acceptors (Lipinski definition) is 8. The Morgan fingerprint density at radius 3 is 0.879 bits per heavy atom. The van der Waals surface area contributed by atoms with Crippen LogP contribution < -0.4 is 5.11 Å². The summed E-state index contributed by atoms with van der Waals surface area (Å²) in [7, 11) is 5.89. The van der Waals surface area contributed by atoms with Gasteiger partial charge in [-0.25, -0.2) is 0 Å². The molecule has 0 amide bonds. The summed E-state index contributed by atoms with van der Waals surface area (Å²) in [5, 5.41) is 11.8. The van der Waals surface area contributed by atoms with E-state index >= 15 is 0 Å². The summed E-state index contributed by atoms with van der Waals surface area (Å²) >= 11 is 0. The lowest BCUT2D eigenvalue weighted by Crippen LogP contribution is -2.44. The van der Waals surface area contributed by atoms with Crippen LogP contribution in [-0.2, 0) is 33.3 Å². The quantitative estimate of drug-likeness (QED) is 0.0195. The molecule has 0 saturated heterocycles. The smallest absolute Gasteiger partial charge is 0.306 e. The van der Waals surface area contributed by atoms with E-state index in [0.717, 1.165) is 180 Å². The number of quaternary nitrogens is 1. The van der Waals surface area contributed by atoms with Crippen molar-refractivity contribution in [3.05, 3.63) is 219 Å². The molecule has 0 spiro atoms. The van der Waals surface area contributed by atoms with E-state index in [9.17, 15) is 19.5 Å². The monoisotopic (exact) mass is 1250 g/mol. The zero-order valence-corrected chi connectivity index (χ0v) is 57.6. The van der Waals surface area contributed by atoms with Gasteiger partial charge in [-0.15, -0.1) is 0 Å². The zero-order valence-electron chi connectivity index (χ0n) is 57.6. The van der Waals surface area contributed by atoms with E-state index in [0.29, 0.717) is 23.9 Å². The average molecular weight is 1250 g/mol. The van der Waals surface area contributed by atoms with Crippen LogP contribution >= 0.6 is 0 Å². The molecule has 0 aliphatic rings. The zero-order chi connectivity index (χ0) is 66.1. The first-order valence-electron chi connectivity index (χ1n) is 34.9. The van der Waals surface area contributed by atoms with Gasteiger partial charge in [0.25, 0.3) is 0 Å². The van der Waals surface area contributed by atoms with E-state index in [1.807, 2.05) is 21.1 Å². The Labute approximate surface area is 556 Å². The van der Waals surface area contributed by atoms with Crippen molar-refractivity contribution >= 4 is 17.9 Å². The Hall–Kier alpha value is -6.39. The first kappa shape index (κ1) is 84.6. The highest BCUT2D eigenvalue weighted by atomic mass is 16.7. The molecule has 9 heteroatoms. The summed E-state index contributed by atoms with van der Waals surface area (Å²) in [6, 6.07) is 0. The second-order valence-electron chi connectivity index (χ2n) is 23.3. The molecule has 0 aromatic carbocycles. The molecule has 0 radical (unpaired) electrons. The molecule has 91 heavy (non-hydrogen) atoms. The second kappa shape index (κ2) is 69.5. The average Bonchev–Trinajstić information content (AvgIpc) is 3.50. The fraction of sp³-hybridized carbons (Fsp3) is 0.524. The minimum absolute atomic E-state index is 0.127. The van der Waals surface area contributed by atoms with E-state index in [4.69, 9.17) is 18.9 Å². The van der Waals surface area contributed by atoms with Gasteiger partial charge in [-0.05, 0) is 154 Å². The SMILES string of the molecule is CC/C=C\C/C=C\C/C=C\C/C=C\C/C=C\C/C=C\C/C=C\C/C=C\C/C=C\C/C=C\CCCCCCCCC(=O)OC(COC(=O)CCCCCC/C=C\C/C=C\C/C=C\C/C=C\C/C=C\C/C=C\C/C=C\C/C=C\CC)COC(OCC[N+](C)(C)C)C(=O)[O-]. The van der Waals surface area contributed by atoms with E-state index in [1.54, 1.807) is 0 Å². The number of carbonyl (C=O) groups excluding carboxylic acids is 3. The molecule has 0 aromatic rings. The fourth-order valence-corrected chi connectivity index (χ4v) is 8.46. The highest BCUT2D eigenvalue weighted by Gasteiger charge is 2.22. The molecular weight excluding hydrogens is 1130 g/mol. The van der Waals surface area contributed by atoms with Gasteiger partial charge in [0.2, 0.25) is 0 Å². The molecule has 0 N–H and O–H groups in total. The van der Waals surface area contributed by atoms with E-state index in [1.165, 1.54) is 0 Å². The molecule has 0 fully saturated rings. The predicted molar refractivity (Wildman–Crippen MR) is 388 cm³/mol. The second-order valence-corrected chi connectivity index (χ2v) is 23.3. The van der Waals surface area contributed by atoms with Gasteiger partial charge in [-0.2, -0.15) is 0 Å². The molecule has 2 unspecified atom stereocenters. The van der Waals surface area contributed by atoms with Crippen LogP contribution in [0.25, 0.3) is 0 Å². The molecular formula is C82H125NO8. The van der Waals surface area contributed by atoms with E-state index in [-0.39, 0.29) is 32.7 Å². The third-order valence-electron chi connectivity index (χ3n) is 13.7. The normalized spacial score (nSPS) is 14.1. The van der Waals surface area contributed by atoms with Crippen molar-refractivity contribution in [2.45, 2.75) is 232 Å². The van der Waals surface area contributed by atoms with Crippen LogP contribution in [0.15, 0.2) is 219 Å². The summed E-state index contributed by atoms with van der Waals surface area (Å²) in [6.45, 7) is 4.43. The summed E-state index contributed by atoms with van der Waals surface area (Å²) < 4.78 is 22.7. The van der Waals surface area contributed by atoms with Crippen LogP contribution in [0, 0.1) is 0 Å². The van der Waals surface area contributed by atoms with Gasteiger partial charge in [0.05, 0.1) is 40.3 Å². The fourth-order valence-electron chi connectivity index (χ4n) is 8.46. The number of carboxylic acid groups (broad SMARTS) is 1. The van der Waals surface area contributed by atoms with Gasteiger partial charge >= 0.3 is 11.9 Å². The van der Waals surface area contributed by atoms with Crippen molar-refractivity contribution < 1.29 is 42.9 Å².